The van der Waals surface area contributed by atoms with Gasteiger partial charge >= 0.3 is 0 Å². The fourth-order valence-corrected chi connectivity index (χ4v) is 2.31. The molecule has 1 N–H and O–H groups in total. The van der Waals surface area contributed by atoms with Gasteiger partial charge in [0, 0.05) is 44.7 Å². The Hall–Kier alpha value is -0.730. The highest BCUT2D eigenvalue weighted by molar-refractivity contribution is 5.81. The van der Waals surface area contributed by atoms with E-state index in [4.69, 9.17) is 14.2 Å². The second-order valence-corrected chi connectivity index (χ2v) is 7.49. The molecule has 0 aromatic carbocycles. The maximum atomic E-state index is 11.6. The summed E-state index contributed by atoms with van der Waals surface area (Å²) in [6.07, 6.45) is 0. The number of hydrogen-bond acceptors (Lipinski definition) is 6. The third kappa shape index (κ3) is 11.5. The predicted molar refractivity (Wildman–Crippen MR) is 98.9 cm³/mol. The van der Waals surface area contributed by atoms with Crippen LogP contribution in [0.25, 0.3) is 0 Å². The van der Waals surface area contributed by atoms with Crippen LogP contribution < -0.4 is 5.32 Å². The van der Waals surface area contributed by atoms with E-state index in [0.29, 0.717) is 39.6 Å². The first kappa shape index (κ1) is 22.3. The van der Waals surface area contributed by atoms with Crippen LogP contribution in [-0.4, -0.2) is 102 Å². The van der Waals surface area contributed by atoms with Crippen LogP contribution >= 0.6 is 0 Å². The Morgan fingerprint density at radius 1 is 0.880 bits per heavy atom. The van der Waals surface area contributed by atoms with E-state index in [9.17, 15) is 4.79 Å². The summed E-state index contributed by atoms with van der Waals surface area (Å²) in [5.41, 5.74) is -0.354. The molecule has 1 rings (SSSR count). The topological polar surface area (TPSA) is 63.3 Å². The number of nitrogens with one attached hydrogen (secondary N) is 1. The van der Waals surface area contributed by atoms with Crippen molar-refractivity contribution in [2.24, 2.45) is 5.41 Å². The van der Waals surface area contributed by atoms with Crippen molar-refractivity contribution in [3.63, 3.8) is 0 Å². The normalized spacial score (nSPS) is 17.0. The van der Waals surface area contributed by atoms with Gasteiger partial charge in [-0.2, -0.15) is 0 Å². The molecule has 1 aliphatic rings. The van der Waals surface area contributed by atoms with Crippen molar-refractivity contribution in [3.05, 3.63) is 0 Å². The third-order valence-corrected chi connectivity index (χ3v) is 4.10. The fraction of sp³-hybridized carbons (Fsp3) is 0.944. The maximum Gasteiger partial charge on any atom is 0.225 e. The lowest BCUT2D eigenvalue weighted by molar-refractivity contribution is -0.128. The standard InChI is InChI=1S/C18H37N3O4/c1-18(2,3)17(22)19-5-11-23-13-15-25-16-14-24-12-10-21-8-6-20(4)7-9-21/h5-16H2,1-4H3,(H,19,22). The molecule has 1 heterocycles. The molecule has 0 aromatic heterocycles. The highest BCUT2D eigenvalue weighted by Gasteiger charge is 2.20. The van der Waals surface area contributed by atoms with E-state index in [-0.39, 0.29) is 11.3 Å². The number of carbonyl (C=O) groups excluding carboxylic acids is 1. The van der Waals surface area contributed by atoms with Gasteiger partial charge in [0.2, 0.25) is 5.91 Å². The van der Waals surface area contributed by atoms with E-state index in [1.54, 1.807) is 0 Å². The van der Waals surface area contributed by atoms with Crippen molar-refractivity contribution in [3.8, 4) is 0 Å². The summed E-state index contributed by atoms with van der Waals surface area (Å²) in [4.78, 5) is 16.4. The number of ether oxygens (including phenoxy) is 3. The summed E-state index contributed by atoms with van der Waals surface area (Å²) in [5.74, 6) is 0.0427. The van der Waals surface area contributed by atoms with Crippen LogP contribution in [0.5, 0.6) is 0 Å². The Labute approximate surface area is 153 Å². The van der Waals surface area contributed by atoms with Crippen molar-refractivity contribution in [1.29, 1.82) is 0 Å². The molecule has 1 saturated heterocycles. The molecule has 1 amide bonds. The van der Waals surface area contributed by atoms with Crippen molar-refractivity contribution in [2.75, 3.05) is 86.0 Å². The lowest BCUT2D eigenvalue weighted by Gasteiger charge is -2.32. The van der Waals surface area contributed by atoms with Crippen LogP contribution in [0.4, 0.5) is 0 Å². The summed E-state index contributed by atoms with van der Waals surface area (Å²) in [7, 11) is 2.16. The van der Waals surface area contributed by atoms with Crippen LogP contribution in [-0.2, 0) is 19.0 Å². The summed E-state index contributed by atoms with van der Waals surface area (Å²) < 4.78 is 16.5. The molecular formula is C18H37N3O4. The molecule has 0 aromatic rings. The zero-order valence-electron chi connectivity index (χ0n) is 16.5. The highest BCUT2D eigenvalue weighted by Crippen LogP contribution is 2.11. The average molecular weight is 360 g/mol. The largest absolute Gasteiger partial charge is 0.378 e. The minimum absolute atomic E-state index is 0.0427. The Bertz CT molecular complexity index is 353. The third-order valence-electron chi connectivity index (χ3n) is 4.10. The van der Waals surface area contributed by atoms with Gasteiger partial charge in [0.15, 0.2) is 0 Å². The molecule has 0 unspecified atom stereocenters. The average Bonchev–Trinajstić information content (AvgIpc) is 2.56. The smallest absolute Gasteiger partial charge is 0.225 e. The highest BCUT2D eigenvalue weighted by atomic mass is 16.5. The number of rotatable bonds is 12. The Morgan fingerprint density at radius 2 is 1.40 bits per heavy atom. The molecule has 0 spiro atoms. The number of carbonyl (C=O) groups is 1. The monoisotopic (exact) mass is 359 g/mol. The second-order valence-electron chi connectivity index (χ2n) is 7.49. The van der Waals surface area contributed by atoms with Crippen molar-refractivity contribution < 1.29 is 19.0 Å². The van der Waals surface area contributed by atoms with Crippen LogP contribution in [0.1, 0.15) is 20.8 Å². The number of likely N-dealkylation sites (N-methyl/N-ethyl adjacent to an activating group) is 1. The lowest BCUT2D eigenvalue weighted by atomic mass is 9.96. The maximum absolute atomic E-state index is 11.6. The molecular weight excluding hydrogens is 322 g/mol. The van der Waals surface area contributed by atoms with Gasteiger partial charge in [-0.05, 0) is 7.05 Å². The quantitative estimate of drug-likeness (QED) is 0.511. The van der Waals surface area contributed by atoms with E-state index in [0.717, 1.165) is 39.3 Å². The van der Waals surface area contributed by atoms with Gasteiger partial charge in [-0.15, -0.1) is 0 Å². The van der Waals surface area contributed by atoms with E-state index in [2.05, 4.69) is 22.2 Å². The Balaban J connectivity index is 1.78. The summed E-state index contributed by atoms with van der Waals surface area (Å²) in [6, 6.07) is 0. The molecule has 7 nitrogen and oxygen atoms in total. The molecule has 0 radical (unpaired) electrons. The first-order valence-electron chi connectivity index (χ1n) is 9.32. The van der Waals surface area contributed by atoms with E-state index in [1.165, 1.54) is 0 Å². The van der Waals surface area contributed by atoms with Gasteiger partial charge in [-0.1, -0.05) is 20.8 Å². The van der Waals surface area contributed by atoms with Crippen LogP contribution in [0, 0.1) is 5.41 Å². The van der Waals surface area contributed by atoms with E-state index < -0.39 is 0 Å². The zero-order valence-corrected chi connectivity index (χ0v) is 16.5. The van der Waals surface area contributed by atoms with Gasteiger partial charge in [0.1, 0.15) is 0 Å². The van der Waals surface area contributed by atoms with Gasteiger partial charge in [-0.25, -0.2) is 0 Å². The van der Waals surface area contributed by atoms with Crippen molar-refractivity contribution in [2.45, 2.75) is 20.8 Å². The Morgan fingerprint density at radius 3 is 1.96 bits per heavy atom. The van der Waals surface area contributed by atoms with E-state index in [1.807, 2.05) is 20.8 Å². The van der Waals surface area contributed by atoms with Gasteiger partial charge < -0.3 is 24.4 Å². The van der Waals surface area contributed by atoms with Gasteiger partial charge in [-0.3, -0.25) is 9.69 Å². The minimum Gasteiger partial charge on any atom is -0.378 e. The SMILES string of the molecule is CN1CCN(CCOCCOCCOCCNC(=O)C(C)(C)C)CC1. The zero-order chi connectivity index (χ0) is 18.5. The lowest BCUT2D eigenvalue weighted by Crippen LogP contribution is -2.45. The molecule has 7 heteroatoms. The fourth-order valence-electron chi connectivity index (χ4n) is 2.31. The molecule has 0 bridgehead atoms. The number of nitrogens with zero attached hydrogens (tertiary/aromatic N) is 2. The van der Waals surface area contributed by atoms with Crippen LogP contribution in [0.15, 0.2) is 0 Å². The first-order chi connectivity index (χ1) is 11.9. The predicted octanol–water partition coefficient (Wildman–Crippen LogP) is 0.446. The van der Waals surface area contributed by atoms with Gasteiger partial charge in [0.25, 0.3) is 0 Å². The van der Waals surface area contributed by atoms with Gasteiger partial charge in [0.05, 0.1) is 39.6 Å². The van der Waals surface area contributed by atoms with Crippen LogP contribution in [0.3, 0.4) is 0 Å². The summed E-state index contributed by atoms with van der Waals surface area (Å²) in [5, 5.41) is 2.85. The van der Waals surface area contributed by atoms with Crippen molar-refractivity contribution >= 4 is 5.91 Å². The molecule has 0 saturated carbocycles. The second kappa shape index (κ2) is 12.6. The molecule has 0 aliphatic carbocycles. The number of piperazine rings is 1. The first-order valence-corrected chi connectivity index (χ1v) is 9.32. The molecule has 25 heavy (non-hydrogen) atoms. The summed E-state index contributed by atoms with van der Waals surface area (Å²) >= 11 is 0. The molecule has 148 valence electrons. The van der Waals surface area contributed by atoms with E-state index >= 15 is 0 Å². The number of hydrogen-bond donors (Lipinski definition) is 1. The molecule has 1 fully saturated rings. The number of amides is 1. The summed E-state index contributed by atoms with van der Waals surface area (Å²) in [6.45, 7) is 15.3. The van der Waals surface area contributed by atoms with Crippen molar-refractivity contribution in [1.82, 2.24) is 15.1 Å². The van der Waals surface area contributed by atoms with Crippen LogP contribution in [0.2, 0.25) is 0 Å². The molecule has 0 atom stereocenters. The Kier molecular flexibility index (Phi) is 11.2. The minimum atomic E-state index is -0.354. The molecule has 1 aliphatic heterocycles.